The third kappa shape index (κ3) is 2.88. The van der Waals surface area contributed by atoms with Gasteiger partial charge < -0.3 is 0 Å². The summed E-state index contributed by atoms with van der Waals surface area (Å²) in [5.41, 5.74) is 0.963. The molecule has 0 fully saturated rings. The monoisotopic (exact) mass is 249 g/mol. The number of rotatable bonds is 3. The average molecular weight is 250 g/mol. The van der Waals surface area contributed by atoms with Crippen LogP contribution in [-0.2, 0) is 6.42 Å². The SMILES string of the molecule is O=C(Cc1ccccn1)c1ccc(Cl)c(F)c1. The molecule has 0 aliphatic rings. The van der Waals surface area contributed by atoms with Crippen molar-refractivity contribution in [3.05, 3.63) is 64.7 Å². The number of Topliss-reactive ketones (excluding diaryl/α,β-unsaturated/α-hetero) is 1. The molecule has 0 bridgehead atoms. The van der Waals surface area contributed by atoms with E-state index in [1.165, 1.54) is 12.1 Å². The zero-order valence-corrected chi connectivity index (χ0v) is 9.62. The fourth-order valence-electron chi connectivity index (χ4n) is 1.44. The van der Waals surface area contributed by atoms with E-state index in [1.807, 2.05) is 0 Å². The number of hydrogen-bond donors (Lipinski definition) is 0. The van der Waals surface area contributed by atoms with Gasteiger partial charge in [-0.15, -0.1) is 0 Å². The molecule has 0 unspecified atom stereocenters. The van der Waals surface area contributed by atoms with Crippen LogP contribution in [0.5, 0.6) is 0 Å². The van der Waals surface area contributed by atoms with E-state index in [2.05, 4.69) is 4.98 Å². The maximum atomic E-state index is 13.2. The number of benzene rings is 1. The summed E-state index contributed by atoms with van der Waals surface area (Å²) in [6, 6.07) is 9.37. The fourth-order valence-corrected chi connectivity index (χ4v) is 1.56. The second-order valence-electron chi connectivity index (χ2n) is 3.55. The van der Waals surface area contributed by atoms with Crippen LogP contribution in [0.15, 0.2) is 42.6 Å². The van der Waals surface area contributed by atoms with Crippen LogP contribution in [0.1, 0.15) is 16.1 Å². The predicted octanol–water partition coefficient (Wildman–Crippen LogP) is 3.30. The zero-order valence-electron chi connectivity index (χ0n) is 8.86. The zero-order chi connectivity index (χ0) is 12.3. The van der Waals surface area contributed by atoms with Crippen molar-refractivity contribution in [3.63, 3.8) is 0 Å². The topological polar surface area (TPSA) is 30.0 Å². The van der Waals surface area contributed by atoms with Crippen LogP contribution in [-0.4, -0.2) is 10.8 Å². The van der Waals surface area contributed by atoms with Gasteiger partial charge in [0, 0.05) is 17.5 Å². The quantitative estimate of drug-likeness (QED) is 0.782. The molecule has 0 saturated heterocycles. The Morgan fingerprint density at radius 1 is 1.29 bits per heavy atom. The number of ketones is 1. The van der Waals surface area contributed by atoms with E-state index < -0.39 is 5.82 Å². The molecule has 4 heteroatoms. The number of pyridine rings is 1. The normalized spacial score (nSPS) is 10.2. The molecule has 1 aromatic carbocycles. The molecular formula is C13H9ClFNO. The highest BCUT2D eigenvalue weighted by Crippen LogP contribution is 2.16. The van der Waals surface area contributed by atoms with Gasteiger partial charge in [-0.3, -0.25) is 9.78 Å². The Balaban J connectivity index is 2.18. The molecule has 0 aliphatic carbocycles. The first-order chi connectivity index (χ1) is 8.16. The molecule has 0 N–H and O–H groups in total. The molecule has 2 rings (SSSR count). The van der Waals surface area contributed by atoms with Crippen LogP contribution >= 0.6 is 11.6 Å². The van der Waals surface area contributed by atoms with E-state index in [0.717, 1.165) is 6.07 Å². The van der Waals surface area contributed by atoms with Gasteiger partial charge >= 0.3 is 0 Å². The lowest BCUT2D eigenvalue weighted by Gasteiger charge is -2.01. The largest absolute Gasteiger partial charge is 0.294 e. The molecule has 0 radical (unpaired) electrons. The first-order valence-corrected chi connectivity index (χ1v) is 5.43. The minimum atomic E-state index is -0.585. The second-order valence-corrected chi connectivity index (χ2v) is 3.96. The third-order valence-corrected chi connectivity index (χ3v) is 2.62. The number of carbonyl (C=O) groups is 1. The molecule has 0 atom stereocenters. The summed E-state index contributed by atoms with van der Waals surface area (Å²) < 4.78 is 13.2. The summed E-state index contributed by atoms with van der Waals surface area (Å²) in [7, 11) is 0. The van der Waals surface area contributed by atoms with Crippen molar-refractivity contribution in [1.82, 2.24) is 4.98 Å². The molecular weight excluding hydrogens is 241 g/mol. The van der Waals surface area contributed by atoms with E-state index in [9.17, 15) is 9.18 Å². The lowest BCUT2D eigenvalue weighted by molar-refractivity contribution is 0.0991. The summed E-state index contributed by atoms with van der Waals surface area (Å²) in [6.07, 6.45) is 1.77. The molecule has 0 aliphatic heterocycles. The lowest BCUT2D eigenvalue weighted by Crippen LogP contribution is -2.05. The molecule has 2 nitrogen and oxygen atoms in total. The van der Waals surface area contributed by atoms with Crippen LogP contribution in [0, 0.1) is 5.82 Å². The van der Waals surface area contributed by atoms with E-state index in [4.69, 9.17) is 11.6 Å². The van der Waals surface area contributed by atoms with E-state index >= 15 is 0 Å². The van der Waals surface area contributed by atoms with Crippen LogP contribution in [0.4, 0.5) is 4.39 Å². The van der Waals surface area contributed by atoms with E-state index in [0.29, 0.717) is 11.3 Å². The van der Waals surface area contributed by atoms with Gasteiger partial charge in [0.05, 0.1) is 11.4 Å². The molecule has 17 heavy (non-hydrogen) atoms. The van der Waals surface area contributed by atoms with Crippen molar-refractivity contribution in [2.24, 2.45) is 0 Å². The molecule has 0 amide bonds. The minimum absolute atomic E-state index is 0.0133. The van der Waals surface area contributed by atoms with Gasteiger partial charge in [-0.05, 0) is 30.3 Å². The molecule has 0 spiro atoms. The summed E-state index contributed by atoms with van der Waals surface area (Å²) in [4.78, 5) is 15.9. The highest BCUT2D eigenvalue weighted by atomic mass is 35.5. The van der Waals surface area contributed by atoms with Gasteiger partial charge in [0.1, 0.15) is 5.82 Å². The standard InChI is InChI=1S/C13H9ClFNO/c14-11-5-4-9(7-12(11)15)13(17)8-10-3-1-2-6-16-10/h1-7H,8H2. The summed E-state index contributed by atoms with van der Waals surface area (Å²) >= 11 is 5.55. The maximum absolute atomic E-state index is 13.2. The average Bonchev–Trinajstić information content (AvgIpc) is 2.34. The Labute approximate surface area is 103 Å². The highest BCUT2D eigenvalue weighted by molar-refractivity contribution is 6.30. The van der Waals surface area contributed by atoms with Crippen molar-refractivity contribution in [1.29, 1.82) is 0 Å². The number of aromatic nitrogens is 1. The van der Waals surface area contributed by atoms with Crippen LogP contribution in [0.2, 0.25) is 5.02 Å². The highest BCUT2D eigenvalue weighted by Gasteiger charge is 2.10. The van der Waals surface area contributed by atoms with Crippen molar-refractivity contribution in [2.45, 2.75) is 6.42 Å². The second kappa shape index (κ2) is 5.06. The van der Waals surface area contributed by atoms with Crippen LogP contribution in [0.3, 0.4) is 0 Å². The third-order valence-electron chi connectivity index (χ3n) is 2.31. The van der Waals surface area contributed by atoms with Crippen molar-refractivity contribution in [2.75, 3.05) is 0 Å². The Bertz CT molecular complexity index is 542. The fraction of sp³-hybridized carbons (Fsp3) is 0.0769. The Morgan fingerprint density at radius 3 is 2.76 bits per heavy atom. The first-order valence-electron chi connectivity index (χ1n) is 5.05. The molecule has 1 aromatic heterocycles. The van der Waals surface area contributed by atoms with Gasteiger partial charge in [-0.1, -0.05) is 17.7 Å². The van der Waals surface area contributed by atoms with Gasteiger partial charge in [-0.25, -0.2) is 4.39 Å². The van der Waals surface area contributed by atoms with Crippen molar-refractivity contribution < 1.29 is 9.18 Å². The molecule has 0 saturated carbocycles. The summed E-state index contributed by atoms with van der Waals surface area (Å²) in [6.45, 7) is 0. The van der Waals surface area contributed by atoms with Gasteiger partial charge in [0.25, 0.3) is 0 Å². The van der Waals surface area contributed by atoms with E-state index in [-0.39, 0.29) is 17.2 Å². The lowest BCUT2D eigenvalue weighted by atomic mass is 10.1. The van der Waals surface area contributed by atoms with Gasteiger partial charge in [0.15, 0.2) is 5.78 Å². The van der Waals surface area contributed by atoms with Crippen molar-refractivity contribution in [3.8, 4) is 0 Å². The van der Waals surface area contributed by atoms with Crippen LogP contribution in [0.25, 0.3) is 0 Å². The van der Waals surface area contributed by atoms with Gasteiger partial charge in [0.2, 0.25) is 0 Å². The molecule has 86 valence electrons. The van der Waals surface area contributed by atoms with Gasteiger partial charge in [-0.2, -0.15) is 0 Å². The van der Waals surface area contributed by atoms with Crippen LogP contribution < -0.4 is 0 Å². The summed E-state index contributed by atoms with van der Waals surface area (Å²) in [5.74, 6) is -0.766. The Morgan fingerprint density at radius 2 is 2.12 bits per heavy atom. The number of nitrogens with zero attached hydrogens (tertiary/aromatic N) is 1. The van der Waals surface area contributed by atoms with Crippen molar-refractivity contribution >= 4 is 17.4 Å². The number of carbonyl (C=O) groups excluding carboxylic acids is 1. The molecule has 1 heterocycles. The number of hydrogen-bond acceptors (Lipinski definition) is 2. The molecule has 2 aromatic rings. The smallest absolute Gasteiger partial charge is 0.168 e. The number of halogens is 2. The van der Waals surface area contributed by atoms with E-state index in [1.54, 1.807) is 24.4 Å². The minimum Gasteiger partial charge on any atom is -0.294 e. The summed E-state index contributed by atoms with van der Waals surface area (Å²) in [5, 5.41) is 0.0133. The Kier molecular flexibility index (Phi) is 3.49. The Hall–Kier alpha value is -1.74. The predicted molar refractivity (Wildman–Crippen MR) is 63.7 cm³/mol. The maximum Gasteiger partial charge on any atom is 0.168 e. The first kappa shape index (κ1) is 11.7.